The van der Waals surface area contributed by atoms with Gasteiger partial charge in [-0.1, -0.05) is 39.2 Å². The van der Waals surface area contributed by atoms with Crippen LogP contribution in [-0.2, 0) is 6.54 Å². The van der Waals surface area contributed by atoms with Crippen molar-refractivity contribution in [2.75, 3.05) is 24.5 Å². The summed E-state index contributed by atoms with van der Waals surface area (Å²) in [6, 6.07) is 0.685. The smallest absolute Gasteiger partial charge is 0.318 e. The predicted octanol–water partition coefficient (Wildman–Crippen LogP) is 2.83. The zero-order chi connectivity index (χ0) is 14.6. The summed E-state index contributed by atoms with van der Waals surface area (Å²) in [5, 5.41) is 11.6. The van der Waals surface area contributed by atoms with Crippen LogP contribution in [0.15, 0.2) is 4.42 Å². The van der Waals surface area contributed by atoms with Gasteiger partial charge in [-0.3, -0.25) is 0 Å². The van der Waals surface area contributed by atoms with Crippen molar-refractivity contribution in [1.29, 1.82) is 0 Å². The summed E-state index contributed by atoms with van der Waals surface area (Å²) in [5.41, 5.74) is 0.484. The SMILES string of the molecule is CCC1(C)CCN(c2nnc(CNCC(C)C)o2)CC1. The maximum absolute atomic E-state index is 5.75. The lowest BCUT2D eigenvalue weighted by molar-refractivity contribution is 0.233. The molecule has 0 unspecified atom stereocenters. The van der Waals surface area contributed by atoms with Crippen molar-refractivity contribution in [3.63, 3.8) is 0 Å². The molecule has 2 rings (SSSR count). The predicted molar refractivity (Wildman–Crippen MR) is 80.7 cm³/mol. The third-order valence-electron chi connectivity index (χ3n) is 4.38. The molecular formula is C15H28N4O. The molecule has 1 saturated heterocycles. The molecule has 0 bridgehead atoms. The second kappa shape index (κ2) is 6.57. The first kappa shape index (κ1) is 15.3. The molecule has 0 spiro atoms. The fraction of sp³-hybridized carbons (Fsp3) is 0.867. The van der Waals surface area contributed by atoms with E-state index in [1.165, 1.54) is 19.3 Å². The van der Waals surface area contributed by atoms with E-state index in [1.807, 2.05) is 0 Å². The molecule has 20 heavy (non-hydrogen) atoms. The molecule has 1 fully saturated rings. The molecule has 0 amide bonds. The number of hydrogen-bond acceptors (Lipinski definition) is 5. The average molecular weight is 280 g/mol. The lowest BCUT2D eigenvalue weighted by atomic mass is 9.78. The summed E-state index contributed by atoms with van der Waals surface area (Å²) >= 11 is 0. The van der Waals surface area contributed by atoms with E-state index in [4.69, 9.17) is 4.42 Å². The molecule has 114 valence electrons. The van der Waals surface area contributed by atoms with Crippen LogP contribution in [0.3, 0.4) is 0 Å². The van der Waals surface area contributed by atoms with Gasteiger partial charge < -0.3 is 14.6 Å². The summed E-state index contributed by atoms with van der Waals surface area (Å²) in [5.74, 6) is 1.32. The third-order valence-corrected chi connectivity index (χ3v) is 4.38. The van der Waals surface area contributed by atoms with Gasteiger partial charge in [0.2, 0.25) is 5.89 Å². The van der Waals surface area contributed by atoms with E-state index in [-0.39, 0.29) is 0 Å². The highest BCUT2D eigenvalue weighted by Crippen LogP contribution is 2.35. The van der Waals surface area contributed by atoms with Gasteiger partial charge in [-0.2, -0.15) is 0 Å². The lowest BCUT2D eigenvalue weighted by Gasteiger charge is -2.37. The minimum absolute atomic E-state index is 0.484. The van der Waals surface area contributed by atoms with E-state index in [1.54, 1.807) is 0 Å². The lowest BCUT2D eigenvalue weighted by Crippen LogP contribution is -2.38. The van der Waals surface area contributed by atoms with Crippen LogP contribution in [0, 0.1) is 11.3 Å². The Morgan fingerprint density at radius 3 is 2.60 bits per heavy atom. The molecule has 1 aromatic heterocycles. The van der Waals surface area contributed by atoms with E-state index in [9.17, 15) is 0 Å². The van der Waals surface area contributed by atoms with Gasteiger partial charge in [-0.05, 0) is 30.7 Å². The van der Waals surface area contributed by atoms with Crippen molar-refractivity contribution in [2.24, 2.45) is 11.3 Å². The second-order valence-electron chi connectivity index (χ2n) is 6.65. The zero-order valence-electron chi connectivity index (χ0n) is 13.3. The number of nitrogens with one attached hydrogen (secondary N) is 1. The summed E-state index contributed by atoms with van der Waals surface area (Å²) < 4.78 is 5.75. The van der Waals surface area contributed by atoms with Gasteiger partial charge in [0, 0.05) is 13.1 Å². The van der Waals surface area contributed by atoms with E-state index in [2.05, 4.69) is 48.1 Å². The molecule has 0 aliphatic carbocycles. The molecule has 5 heteroatoms. The highest BCUT2D eigenvalue weighted by atomic mass is 16.4. The first-order chi connectivity index (χ1) is 9.52. The Balaban J connectivity index is 1.84. The van der Waals surface area contributed by atoms with Gasteiger partial charge in [-0.15, -0.1) is 5.10 Å². The van der Waals surface area contributed by atoms with Crippen molar-refractivity contribution >= 4 is 6.01 Å². The molecular weight excluding hydrogens is 252 g/mol. The van der Waals surface area contributed by atoms with Crippen molar-refractivity contribution in [2.45, 2.75) is 53.5 Å². The average Bonchev–Trinajstić information content (AvgIpc) is 2.88. The molecule has 5 nitrogen and oxygen atoms in total. The highest BCUT2D eigenvalue weighted by Gasteiger charge is 2.30. The maximum atomic E-state index is 5.75. The van der Waals surface area contributed by atoms with Crippen molar-refractivity contribution < 1.29 is 4.42 Å². The van der Waals surface area contributed by atoms with Crippen LogP contribution in [0.4, 0.5) is 6.01 Å². The van der Waals surface area contributed by atoms with Crippen molar-refractivity contribution in [3.8, 4) is 0 Å². The standard InChI is InChI=1S/C15H28N4O/c1-5-15(4)6-8-19(9-7-15)14-18-17-13(20-14)11-16-10-12(2)3/h12,16H,5-11H2,1-4H3. The Bertz CT molecular complexity index is 408. The van der Waals surface area contributed by atoms with E-state index >= 15 is 0 Å². The fourth-order valence-corrected chi connectivity index (χ4v) is 2.50. The Kier molecular flexibility index (Phi) is 5.02. The molecule has 0 saturated carbocycles. The number of rotatable bonds is 6. The molecule has 1 aliphatic rings. The normalized spacial score (nSPS) is 18.8. The number of nitrogens with zero attached hydrogens (tertiary/aromatic N) is 3. The van der Waals surface area contributed by atoms with E-state index in [0.717, 1.165) is 19.6 Å². The van der Waals surface area contributed by atoms with Gasteiger partial charge in [-0.25, -0.2) is 0 Å². The van der Waals surface area contributed by atoms with Gasteiger partial charge >= 0.3 is 6.01 Å². The third kappa shape index (κ3) is 3.95. The first-order valence-corrected chi connectivity index (χ1v) is 7.80. The molecule has 2 heterocycles. The molecule has 1 aliphatic heterocycles. The van der Waals surface area contributed by atoms with Crippen LogP contribution in [0.2, 0.25) is 0 Å². The summed E-state index contributed by atoms with van der Waals surface area (Å²) in [6.07, 6.45) is 3.65. The van der Waals surface area contributed by atoms with Crippen LogP contribution in [-0.4, -0.2) is 29.8 Å². The molecule has 1 aromatic rings. The monoisotopic (exact) mass is 280 g/mol. The summed E-state index contributed by atoms with van der Waals surface area (Å²) in [4.78, 5) is 2.22. The Labute approximate surface area is 122 Å². The highest BCUT2D eigenvalue weighted by molar-refractivity contribution is 5.25. The second-order valence-corrected chi connectivity index (χ2v) is 6.65. The van der Waals surface area contributed by atoms with Crippen molar-refractivity contribution in [1.82, 2.24) is 15.5 Å². The maximum Gasteiger partial charge on any atom is 0.318 e. The van der Waals surface area contributed by atoms with E-state index in [0.29, 0.717) is 29.8 Å². The number of aromatic nitrogens is 2. The van der Waals surface area contributed by atoms with Crippen LogP contribution >= 0.6 is 0 Å². The molecule has 0 atom stereocenters. The Hall–Kier alpha value is -1.10. The van der Waals surface area contributed by atoms with Gasteiger partial charge in [0.05, 0.1) is 6.54 Å². The quantitative estimate of drug-likeness (QED) is 0.868. The number of piperidine rings is 1. The van der Waals surface area contributed by atoms with Gasteiger partial charge in [0.15, 0.2) is 0 Å². The summed E-state index contributed by atoms with van der Waals surface area (Å²) in [6.45, 7) is 12.7. The fourth-order valence-electron chi connectivity index (χ4n) is 2.50. The Morgan fingerprint density at radius 2 is 2.00 bits per heavy atom. The van der Waals surface area contributed by atoms with Crippen LogP contribution in [0.1, 0.15) is 52.8 Å². The van der Waals surface area contributed by atoms with Crippen LogP contribution < -0.4 is 10.2 Å². The van der Waals surface area contributed by atoms with E-state index < -0.39 is 0 Å². The van der Waals surface area contributed by atoms with Gasteiger partial charge in [0.1, 0.15) is 0 Å². The zero-order valence-corrected chi connectivity index (χ0v) is 13.3. The number of anilines is 1. The number of hydrogen-bond donors (Lipinski definition) is 1. The first-order valence-electron chi connectivity index (χ1n) is 7.80. The topological polar surface area (TPSA) is 54.2 Å². The van der Waals surface area contributed by atoms with Crippen molar-refractivity contribution in [3.05, 3.63) is 5.89 Å². The van der Waals surface area contributed by atoms with Gasteiger partial charge in [0.25, 0.3) is 0 Å². The molecule has 0 aromatic carbocycles. The minimum Gasteiger partial charge on any atom is -0.407 e. The Morgan fingerprint density at radius 1 is 1.30 bits per heavy atom. The van der Waals surface area contributed by atoms with Crippen LogP contribution in [0.5, 0.6) is 0 Å². The van der Waals surface area contributed by atoms with Crippen LogP contribution in [0.25, 0.3) is 0 Å². The minimum atomic E-state index is 0.484. The molecule has 1 N–H and O–H groups in total. The largest absolute Gasteiger partial charge is 0.407 e. The summed E-state index contributed by atoms with van der Waals surface area (Å²) in [7, 11) is 0. The molecule has 0 radical (unpaired) electrons.